The summed E-state index contributed by atoms with van der Waals surface area (Å²) in [5.41, 5.74) is 0. The monoisotopic (exact) mass is 231 g/mol. The quantitative estimate of drug-likeness (QED) is 0.682. The van der Waals surface area contributed by atoms with Crippen LogP contribution in [0.3, 0.4) is 0 Å². The zero-order valence-electron chi connectivity index (χ0n) is 11.3. The molecule has 2 heteroatoms. The molecule has 1 N–H and O–H groups in total. The van der Waals surface area contributed by atoms with Crippen molar-refractivity contribution in [3.8, 4) is 0 Å². The van der Waals surface area contributed by atoms with Crippen LogP contribution in [0.25, 0.3) is 0 Å². The van der Waals surface area contributed by atoms with Crippen LogP contribution in [0, 0.1) is 11.8 Å². The molecule has 0 rings (SSSR count). The Morgan fingerprint density at radius 1 is 1.00 bits per heavy atom. The zero-order chi connectivity index (χ0) is 11.8. The highest BCUT2D eigenvalue weighted by molar-refractivity contribution is 7.99. The number of nitrogens with one attached hydrogen (secondary N) is 1. The second-order valence-electron chi connectivity index (χ2n) is 5.09. The van der Waals surface area contributed by atoms with Crippen molar-refractivity contribution in [3.05, 3.63) is 0 Å². The minimum atomic E-state index is 0.677. The summed E-state index contributed by atoms with van der Waals surface area (Å²) in [6.45, 7) is 15.0. The maximum absolute atomic E-state index is 3.64. The van der Waals surface area contributed by atoms with E-state index in [4.69, 9.17) is 0 Å². The van der Waals surface area contributed by atoms with Gasteiger partial charge in [-0.15, -0.1) is 0 Å². The number of thioether (sulfide) groups is 1. The summed E-state index contributed by atoms with van der Waals surface area (Å²) in [5.74, 6) is 2.77. The van der Waals surface area contributed by atoms with Crippen molar-refractivity contribution in [3.63, 3.8) is 0 Å². The summed E-state index contributed by atoms with van der Waals surface area (Å²) < 4.78 is 0. The summed E-state index contributed by atoms with van der Waals surface area (Å²) in [7, 11) is 0. The highest BCUT2D eigenvalue weighted by Gasteiger charge is 2.15. The van der Waals surface area contributed by atoms with Crippen molar-refractivity contribution in [2.24, 2.45) is 11.8 Å². The first-order valence-electron chi connectivity index (χ1n) is 6.34. The molecule has 0 heterocycles. The SMILES string of the molecule is CCCNC(CSC(C)C(C)C)C(C)C. The standard InChI is InChI=1S/C13H29NS/c1-7-8-14-13(11(4)5)9-15-12(6)10(2)3/h10-14H,7-9H2,1-6H3. The van der Waals surface area contributed by atoms with Crippen molar-refractivity contribution >= 4 is 11.8 Å². The van der Waals surface area contributed by atoms with Gasteiger partial charge in [-0.2, -0.15) is 11.8 Å². The number of hydrogen-bond donors (Lipinski definition) is 1. The van der Waals surface area contributed by atoms with Crippen LogP contribution in [0.5, 0.6) is 0 Å². The van der Waals surface area contributed by atoms with Crippen LogP contribution in [0.4, 0.5) is 0 Å². The Balaban J connectivity index is 3.85. The predicted octanol–water partition coefficient (Wildman–Crippen LogP) is 3.79. The molecule has 0 aliphatic carbocycles. The number of rotatable bonds is 8. The molecule has 0 aromatic rings. The number of hydrogen-bond acceptors (Lipinski definition) is 2. The Morgan fingerprint density at radius 3 is 2.00 bits per heavy atom. The molecule has 0 aliphatic rings. The average molecular weight is 231 g/mol. The maximum atomic E-state index is 3.64. The van der Waals surface area contributed by atoms with Gasteiger partial charge in [-0.05, 0) is 24.8 Å². The Labute approximate surface area is 101 Å². The molecule has 0 aromatic heterocycles. The lowest BCUT2D eigenvalue weighted by Crippen LogP contribution is -2.37. The Kier molecular flexibility index (Phi) is 8.64. The molecule has 0 aliphatic heterocycles. The third-order valence-electron chi connectivity index (χ3n) is 2.94. The first-order valence-corrected chi connectivity index (χ1v) is 7.38. The van der Waals surface area contributed by atoms with E-state index in [9.17, 15) is 0 Å². The zero-order valence-corrected chi connectivity index (χ0v) is 12.2. The molecule has 0 bridgehead atoms. The topological polar surface area (TPSA) is 12.0 Å². The Bertz CT molecular complexity index is 145. The molecule has 2 unspecified atom stereocenters. The molecule has 0 fully saturated rings. The fraction of sp³-hybridized carbons (Fsp3) is 1.00. The third-order valence-corrected chi connectivity index (χ3v) is 4.56. The van der Waals surface area contributed by atoms with Crippen LogP contribution < -0.4 is 5.32 Å². The second-order valence-corrected chi connectivity index (χ2v) is 6.50. The molecule has 0 saturated heterocycles. The lowest BCUT2D eigenvalue weighted by atomic mass is 10.1. The van der Waals surface area contributed by atoms with Gasteiger partial charge in [0.15, 0.2) is 0 Å². The van der Waals surface area contributed by atoms with Gasteiger partial charge in [0.1, 0.15) is 0 Å². The normalized spacial score (nSPS) is 16.0. The molecule has 15 heavy (non-hydrogen) atoms. The molecule has 92 valence electrons. The lowest BCUT2D eigenvalue weighted by Gasteiger charge is -2.24. The summed E-state index contributed by atoms with van der Waals surface area (Å²) in [6.07, 6.45) is 1.23. The van der Waals surface area contributed by atoms with E-state index in [2.05, 4.69) is 58.6 Å². The minimum Gasteiger partial charge on any atom is -0.313 e. The summed E-state index contributed by atoms with van der Waals surface area (Å²) in [6, 6.07) is 0.677. The van der Waals surface area contributed by atoms with Crippen LogP contribution in [0.2, 0.25) is 0 Å². The average Bonchev–Trinajstić information content (AvgIpc) is 2.16. The van der Waals surface area contributed by atoms with Gasteiger partial charge in [0, 0.05) is 17.0 Å². The van der Waals surface area contributed by atoms with Crippen LogP contribution in [-0.2, 0) is 0 Å². The van der Waals surface area contributed by atoms with Gasteiger partial charge in [-0.3, -0.25) is 0 Å². The van der Waals surface area contributed by atoms with E-state index < -0.39 is 0 Å². The van der Waals surface area contributed by atoms with Crippen LogP contribution in [0.1, 0.15) is 48.0 Å². The second kappa shape index (κ2) is 8.46. The third kappa shape index (κ3) is 7.24. The first-order chi connectivity index (χ1) is 6.99. The molecule has 0 spiro atoms. The highest BCUT2D eigenvalue weighted by Crippen LogP contribution is 2.21. The molecule has 2 atom stereocenters. The summed E-state index contributed by atoms with van der Waals surface area (Å²) in [5, 5.41) is 4.42. The van der Waals surface area contributed by atoms with Gasteiger partial charge in [0.25, 0.3) is 0 Å². The van der Waals surface area contributed by atoms with Gasteiger partial charge < -0.3 is 5.32 Å². The van der Waals surface area contributed by atoms with E-state index in [0.717, 1.165) is 23.6 Å². The van der Waals surface area contributed by atoms with E-state index in [1.54, 1.807) is 0 Å². The molecule has 0 radical (unpaired) electrons. The smallest absolute Gasteiger partial charge is 0.0181 e. The van der Waals surface area contributed by atoms with E-state index in [1.807, 2.05) is 0 Å². The van der Waals surface area contributed by atoms with Crippen molar-refractivity contribution in [2.45, 2.75) is 59.3 Å². The van der Waals surface area contributed by atoms with Crippen LogP contribution in [-0.4, -0.2) is 23.6 Å². The van der Waals surface area contributed by atoms with Crippen LogP contribution in [0.15, 0.2) is 0 Å². The van der Waals surface area contributed by atoms with Crippen molar-refractivity contribution in [2.75, 3.05) is 12.3 Å². The van der Waals surface area contributed by atoms with Crippen LogP contribution >= 0.6 is 11.8 Å². The Morgan fingerprint density at radius 2 is 1.60 bits per heavy atom. The predicted molar refractivity (Wildman–Crippen MR) is 73.7 cm³/mol. The molecule has 0 amide bonds. The van der Waals surface area contributed by atoms with Crippen molar-refractivity contribution in [1.29, 1.82) is 0 Å². The van der Waals surface area contributed by atoms with Gasteiger partial charge in [0.05, 0.1) is 0 Å². The van der Waals surface area contributed by atoms with E-state index >= 15 is 0 Å². The van der Waals surface area contributed by atoms with E-state index in [1.165, 1.54) is 12.2 Å². The molecular weight excluding hydrogens is 202 g/mol. The Hall–Kier alpha value is 0.310. The van der Waals surface area contributed by atoms with Crippen molar-refractivity contribution < 1.29 is 0 Å². The minimum absolute atomic E-state index is 0.677. The van der Waals surface area contributed by atoms with E-state index in [-0.39, 0.29) is 0 Å². The van der Waals surface area contributed by atoms with Crippen molar-refractivity contribution in [1.82, 2.24) is 5.32 Å². The summed E-state index contributed by atoms with van der Waals surface area (Å²) >= 11 is 2.11. The largest absolute Gasteiger partial charge is 0.313 e. The van der Waals surface area contributed by atoms with Gasteiger partial charge in [-0.1, -0.05) is 41.5 Å². The van der Waals surface area contributed by atoms with Gasteiger partial charge in [-0.25, -0.2) is 0 Å². The fourth-order valence-electron chi connectivity index (χ4n) is 1.26. The summed E-state index contributed by atoms with van der Waals surface area (Å²) in [4.78, 5) is 0. The molecule has 0 aromatic carbocycles. The maximum Gasteiger partial charge on any atom is 0.0181 e. The molecular formula is C13H29NS. The molecule has 1 nitrogen and oxygen atoms in total. The molecule has 0 saturated carbocycles. The van der Waals surface area contributed by atoms with Gasteiger partial charge >= 0.3 is 0 Å². The lowest BCUT2D eigenvalue weighted by molar-refractivity contribution is 0.433. The highest BCUT2D eigenvalue weighted by atomic mass is 32.2. The van der Waals surface area contributed by atoms with E-state index in [0.29, 0.717) is 6.04 Å². The fourth-order valence-corrected chi connectivity index (χ4v) is 2.66. The first kappa shape index (κ1) is 15.3. The van der Waals surface area contributed by atoms with Gasteiger partial charge in [0.2, 0.25) is 0 Å².